The number of rotatable bonds is 2. The van der Waals surface area contributed by atoms with Gasteiger partial charge in [-0.25, -0.2) is 4.79 Å². The maximum atomic E-state index is 12.1. The maximum absolute atomic E-state index is 12.1. The van der Waals surface area contributed by atoms with Crippen molar-refractivity contribution in [1.82, 2.24) is 4.90 Å². The molecule has 0 aromatic heterocycles. The van der Waals surface area contributed by atoms with E-state index >= 15 is 0 Å². The van der Waals surface area contributed by atoms with Crippen molar-refractivity contribution in [2.45, 2.75) is 45.6 Å². The summed E-state index contributed by atoms with van der Waals surface area (Å²) in [5.41, 5.74) is 4.01. The van der Waals surface area contributed by atoms with Gasteiger partial charge in [0.1, 0.15) is 5.60 Å². The molecule has 0 bridgehead atoms. The fourth-order valence-corrected chi connectivity index (χ4v) is 2.20. The molecule has 1 heterocycles. The number of hydrogen-bond donors (Lipinski definition) is 2. The lowest BCUT2D eigenvalue weighted by Gasteiger charge is -2.32. The molecule has 6 nitrogen and oxygen atoms in total. The van der Waals surface area contributed by atoms with Crippen molar-refractivity contribution in [2.24, 2.45) is 11.1 Å². The second-order valence-corrected chi connectivity index (χ2v) is 6.15. The lowest BCUT2D eigenvalue weighted by Crippen LogP contribution is -2.49. The van der Waals surface area contributed by atoms with Gasteiger partial charge in [0.05, 0.1) is 5.41 Å². The van der Waals surface area contributed by atoms with E-state index in [0.29, 0.717) is 13.0 Å². The van der Waals surface area contributed by atoms with E-state index in [-0.39, 0.29) is 13.1 Å². The van der Waals surface area contributed by atoms with Crippen molar-refractivity contribution >= 4 is 12.1 Å². The Morgan fingerprint density at radius 1 is 1.37 bits per heavy atom. The van der Waals surface area contributed by atoms with E-state index in [0.717, 1.165) is 12.8 Å². The number of carbonyl (C=O) groups excluding carboxylic acids is 1. The van der Waals surface area contributed by atoms with E-state index in [9.17, 15) is 14.7 Å². The summed E-state index contributed by atoms with van der Waals surface area (Å²) in [6, 6.07) is 0. The van der Waals surface area contributed by atoms with Crippen LogP contribution in [0.2, 0.25) is 0 Å². The quantitative estimate of drug-likeness (QED) is 0.793. The molecule has 0 aromatic carbocycles. The average molecular weight is 272 g/mol. The van der Waals surface area contributed by atoms with Crippen LogP contribution in [0, 0.1) is 5.41 Å². The Morgan fingerprint density at radius 3 is 2.47 bits per heavy atom. The van der Waals surface area contributed by atoms with Crippen LogP contribution in [0.25, 0.3) is 0 Å². The van der Waals surface area contributed by atoms with Gasteiger partial charge in [0.15, 0.2) is 0 Å². The molecule has 110 valence electrons. The molecule has 1 fully saturated rings. The third-order valence-electron chi connectivity index (χ3n) is 3.32. The Hall–Kier alpha value is -1.30. The highest BCUT2D eigenvalue weighted by molar-refractivity contribution is 5.77. The number of carboxylic acid groups (broad SMARTS) is 1. The van der Waals surface area contributed by atoms with E-state index in [1.807, 2.05) is 0 Å². The first-order valence-corrected chi connectivity index (χ1v) is 6.62. The normalized spacial score (nSPS) is 24.7. The number of amides is 1. The van der Waals surface area contributed by atoms with Crippen LogP contribution < -0.4 is 5.73 Å². The topological polar surface area (TPSA) is 92.9 Å². The number of nitrogens with zero attached hydrogens (tertiary/aromatic N) is 1. The minimum Gasteiger partial charge on any atom is -0.481 e. The fraction of sp³-hybridized carbons (Fsp3) is 0.846. The third kappa shape index (κ3) is 4.09. The molecule has 1 saturated heterocycles. The van der Waals surface area contributed by atoms with Gasteiger partial charge in [-0.3, -0.25) is 4.79 Å². The largest absolute Gasteiger partial charge is 0.481 e. The number of hydrogen-bond acceptors (Lipinski definition) is 4. The number of carbonyl (C=O) groups is 2. The third-order valence-corrected chi connectivity index (χ3v) is 3.32. The fourth-order valence-electron chi connectivity index (χ4n) is 2.20. The Balaban J connectivity index is 2.84. The molecule has 19 heavy (non-hydrogen) atoms. The standard InChI is InChI=1S/C13H24N2O4/c1-12(2,3)19-11(18)15-7-5-4-6-13(8-14,9-15)10(16)17/h4-9,14H2,1-3H3,(H,16,17). The summed E-state index contributed by atoms with van der Waals surface area (Å²) in [5.74, 6) is -0.939. The van der Waals surface area contributed by atoms with E-state index in [1.54, 1.807) is 20.8 Å². The van der Waals surface area contributed by atoms with Gasteiger partial charge in [0, 0.05) is 19.6 Å². The summed E-state index contributed by atoms with van der Waals surface area (Å²) in [6.45, 7) is 6.03. The van der Waals surface area contributed by atoms with E-state index in [4.69, 9.17) is 10.5 Å². The molecule has 0 spiro atoms. The number of ether oxygens (including phenoxy) is 1. The van der Waals surface area contributed by atoms with Gasteiger partial charge in [-0.05, 0) is 33.6 Å². The van der Waals surface area contributed by atoms with Gasteiger partial charge >= 0.3 is 12.1 Å². The van der Waals surface area contributed by atoms with Crippen LogP contribution in [0.5, 0.6) is 0 Å². The molecule has 1 atom stereocenters. The van der Waals surface area contributed by atoms with E-state index in [2.05, 4.69) is 0 Å². The molecule has 1 aliphatic rings. The molecule has 0 aromatic rings. The zero-order valence-corrected chi connectivity index (χ0v) is 11.9. The second kappa shape index (κ2) is 5.77. The first-order chi connectivity index (χ1) is 8.70. The lowest BCUT2D eigenvalue weighted by atomic mass is 9.83. The van der Waals surface area contributed by atoms with Crippen LogP contribution in [0.3, 0.4) is 0 Å². The first-order valence-electron chi connectivity index (χ1n) is 6.62. The smallest absolute Gasteiger partial charge is 0.410 e. The zero-order valence-electron chi connectivity index (χ0n) is 11.9. The summed E-state index contributed by atoms with van der Waals surface area (Å²) in [4.78, 5) is 25.0. The van der Waals surface area contributed by atoms with Gasteiger partial charge in [-0.1, -0.05) is 6.42 Å². The molecule has 1 rings (SSSR count). The predicted molar refractivity (Wildman–Crippen MR) is 70.8 cm³/mol. The predicted octanol–water partition coefficient (Wildman–Crippen LogP) is 1.44. The molecular weight excluding hydrogens is 248 g/mol. The SMILES string of the molecule is CC(C)(C)OC(=O)N1CCCCC(CN)(C(=O)O)C1. The molecule has 0 aliphatic carbocycles. The van der Waals surface area contributed by atoms with Crippen LogP contribution >= 0.6 is 0 Å². The minimum atomic E-state index is -1.05. The highest BCUT2D eigenvalue weighted by Gasteiger charge is 2.42. The average Bonchev–Trinajstić information content (AvgIpc) is 2.49. The Labute approximate surface area is 113 Å². The summed E-state index contributed by atoms with van der Waals surface area (Å²) in [6.07, 6.45) is 1.56. The number of nitrogens with two attached hydrogens (primary N) is 1. The molecule has 6 heteroatoms. The van der Waals surface area contributed by atoms with Crippen molar-refractivity contribution in [3.63, 3.8) is 0 Å². The molecular formula is C13H24N2O4. The van der Waals surface area contributed by atoms with Crippen LogP contribution in [0.15, 0.2) is 0 Å². The summed E-state index contributed by atoms with van der Waals surface area (Å²) in [5, 5.41) is 9.39. The summed E-state index contributed by atoms with van der Waals surface area (Å²) < 4.78 is 5.30. The molecule has 3 N–H and O–H groups in total. The first kappa shape index (κ1) is 15.8. The highest BCUT2D eigenvalue weighted by atomic mass is 16.6. The highest BCUT2D eigenvalue weighted by Crippen LogP contribution is 2.29. The molecule has 0 radical (unpaired) electrons. The van der Waals surface area contributed by atoms with Crippen molar-refractivity contribution in [1.29, 1.82) is 0 Å². The summed E-state index contributed by atoms with van der Waals surface area (Å²) in [7, 11) is 0. The maximum Gasteiger partial charge on any atom is 0.410 e. The van der Waals surface area contributed by atoms with E-state index in [1.165, 1.54) is 4.90 Å². The Kier molecular flexibility index (Phi) is 4.79. The van der Waals surface area contributed by atoms with Crippen LogP contribution in [0.1, 0.15) is 40.0 Å². The monoisotopic (exact) mass is 272 g/mol. The molecule has 1 unspecified atom stereocenters. The Morgan fingerprint density at radius 2 is 2.00 bits per heavy atom. The minimum absolute atomic E-state index is 0.0294. The van der Waals surface area contributed by atoms with Crippen LogP contribution in [0.4, 0.5) is 4.79 Å². The number of carboxylic acids is 1. The van der Waals surface area contributed by atoms with Gasteiger partial charge in [0.25, 0.3) is 0 Å². The second-order valence-electron chi connectivity index (χ2n) is 6.15. The zero-order chi connectivity index (χ0) is 14.7. The van der Waals surface area contributed by atoms with Gasteiger partial charge in [-0.15, -0.1) is 0 Å². The lowest BCUT2D eigenvalue weighted by molar-refractivity contribution is -0.149. The van der Waals surface area contributed by atoms with Gasteiger partial charge < -0.3 is 20.5 Å². The van der Waals surface area contributed by atoms with Crippen LogP contribution in [-0.4, -0.2) is 47.3 Å². The number of likely N-dealkylation sites (tertiary alicyclic amines) is 1. The van der Waals surface area contributed by atoms with Crippen molar-refractivity contribution in [2.75, 3.05) is 19.6 Å². The van der Waals surface area contributed by atoms with Crippen LogP contribution in [-0.2, 0) is 9.53 Å². The molecule has 1 aliphatic heterocycles. The molecule has 0 saturated carbocycles. The van der Waals surface area contributed by atoms with Crippen molar-refractivity contribution in [3.05, 3.63) is 0 Å². The molecule has 1 amide bonds. The van der Waals surface area contributed by atoms with Crippen molar-refractivity contribution < 1.29 is 19.4 Å². The van der Waals surface area contributed by atoms with Crippen molar-refractivity contribution in [3.8, 4) is 0 Å². The van der Waals surface area contributed by atoms with Gasteiger partial charge in [0.2, 0.25) is 0 Å². The Bertz CT molecular complexity index is 351. The van der Waals surface area contributed by atoms with E-state index < -0.39 is 23.1 Å². The summed E-state index contributed by atoms with van der Waals surface area (Å²) >= 11 is 0. The number of aliphatic carboxylic acids is 1. The van der Waals surface area contributed by atoms with Gasteiger partial charge in [-0.2, -0.15) is 0 Å².